The zero-order valence-corrected chi connectivity index (χ0v) is 10.2. The third-order valence-corrected chi connectivity index (χ3v) is 2.96. The van der Waals surface area contributed by atoms with Crippen LogP contribution in [-0.4, -0.2) is 0 Å². The highest BCUT2D eigenvalue weighted by Crippen LogP contribution is 2.17. The summed E-state index contributed by atoms with van der Waals surface area (Å²) in [6, 6.07) is 9.41. The van der Waals surface area contributed by atoms with Gasteiger partial charge in [0.15, 0.2) is 0 Å². The maximum absolute atomic E-state index is 8.52. The zero-order chi connectivity index (χ0) is 11.3. The van der Waals surface area contributed by atoms with Crippen LogP contribution >= 0.6 is 22.6 Å². The van der Waals surface area contributed by atoms with Crippen molar-refractivity contribution in [2.24, 2.45) is 0 Å². The number of hydrogen-bond donors (Lipinski definition) is 1. The third-order valence-electron chi connectivity index (χ3n) is 1.80. The van der Waals surface area contributed by atoms with Crippen molar-refractivity contribution < 1.29 is 0 Å². The quantitative estimate of drug-likeness (QED) is 0.675. The van der Waals surface area contributed by atoms with Crippen molar-refractivity contribution in [2.75, 3.05) is 5.32 Å². The second-order valence-corrected chi connectivity index (χ2v) is 4.05. The van der Waals surface area contributed by atoms with E-state index in [1.165, 1.54) is 11.8 Å². The first-order valence-electron chi connectivity index (χ1n) is 4.20. The van der Waals surface area contributed by atoms with E-state index in [0.717, 1.165) is 9.26 Å². The number of halogens is 1. The number of hydrogen-bond acceptors (Lipinski definition) is 3. The van der Waals surface area contributed by atoms with Crippen molar-refractivity contribution in [1.29, 1.82) is 10.5 Å². The lowest BCUT2D eigenvalue weighted by molar-refractivity contribution is 1.41. The molecule has 0 aliphatic heterocycles. The van der Waals surface area contributed by atoms with Gasteiger partial charge in [0.1, 0.15) is 17.7 Å². The normalized spacial score (nSPS) is 8.53. The fourth-order valence-electron chi connectivity index (χ4n) is 0.928. The Morgan fingerprint density at radius 1 is 1.40 bits per heavy atom. The lowest BCUT2D eigenvalue weighted by Crippen LogP contribution is -1.91. The van der Waals surface area contributed by atoms with E-state index in [1.54, 1.807) is 12.1 Å². The maximum atomic E-state index is 8.52. The van der Waals surface area contributed by atoms with Crippen molar-refractivity contribution in [3.63, 3.8) is 0 Å². The predicted octanol–water partition coefficient (Wildman–Crippen LogP) is 2.94. The average Bonchev–Trinajstić information content (AvgIpc) is 2.24. The summed E-state index contributed by atoms with van der Waals surface area (Å²) in [7, 11) is 0. The molecule has 74 valence electrons. The van der Waals surface area contributed by atoms with Crippen LogP contribution in [0.5, 0.6) is 0 Å². The molecule has 0 saturated heterocycles. The Labute approximate surface area is 102 Å². The summed E-state index contributed by atoms with van der Waals surface area (Å²) < 4.78 is 1.14. The van der Waals surface area contributed by atoms with E-state index < -0.39 is 0 Å². The summed E-state index contributed by atoms with van der Waals surface area (Å²) in [4.78, 5) is 0. The molecule has 0 amide bonds. The van der Waals surface area contributed by atoms with E-state index >= 15 is 0 Å². The smallest absolute Gasteiger partial charge is 0.145 e. The van der Waals surface area contributed by atoms with Gasteiger partial charge >= 0.3 is 0 Å². The van der Waals surface area contributed by atoms with Crippen molar-refractivity contribution in [3.05, 3.63) is 39.1 Å². The molecule has 0 aliphatic rings. The molecule has 1 N–H and O–H groups in total. The van der Waals surface area contributed by atoms with Gasteiger partial charge in [-0.1, -0.05) is 6.07 Å². The highest BCUT2D eigenvalue weighted by molar-refractivity contribution is 14.1. The number of nitrogens with one attached hydrogen (secondary N) is 1. The monoisotopic (exact) mass is 309 g/mol. The Balaban J connectivity index is 2.84. The molecule has 0 spiro atoms. The summed E-state index contributed by atoms with van der Waals surface area (Å²) in [6.45, 7) is 2.03. The summed E-state index contributed by atoms with van der Waals surface area (Å²) in [5.74, 6) is 0. The molecule has 0 atom stereocenters. The standard InChI is InChI=1S/C11H8IN3/c1-8-2-3-10(4-11(8)12)15-7-9(5-13)6-14/h2-4,7,15H,1H3. The number of nitrogens with zero attached hydrogens (tertiary/aromatic N) is 2. The first kappa shape index (κ1) is 11.5. The zero-order valence-electron chi connectivity index (χ0n) is 8.08. The van der Waals surface area contributed by atoms with Crippen LogP contribution in [0.2, 0.25) is 0 Å². The van der Waals surface area contributed by atoms with Crippen LogP contribution in [0.25, 0.3) is 0 Å². The van der Waals surface area contributed by atoms with Gasteiger partial charge < -0.3 is 5.32 Å². The molecule has 1 aromatic carbocycles. The van der Waals surface area contributed by atoms with Gasteiger partial charge in [0.05, 0.1) is 0 Å². The van der Waals surface area contributed by atoms with Crippen molar-refractivity contribution in [3.8, 4) is 12.1 Å². The SMILES string of the molecule is Cc1ccc(NC=C(C#N)C#N)cc1I. The van der Waals surface area contributed by atoms with Gasteiger partial charge in [-0.3, -0.25) is 0 Å². The molecular weight excluding hydrogens is 301 g/mol. The van der Waals surface area contributed by atoms with E-state index in [-0.39, 0.29) is 5.57 Å². The number of nitriles is 2. The van der Waals surface area contributed by atoms with Crippen LogP contribution < -0.4 is 5.32 Å². The fraction of sp³-hybridized carbons (Fsp3) is 0.0909. The van der Waals surface area contributed by atoms with Crippen LogP contribution in [0.4, 0.5) is 5.69 Å². The van der Waals surface area contributed by atoms with Gasteiger partial charge in [-0.15, -0.1) is 0 Å². The second-order valence-electron chi connectivity index (χ2n) is 2.89. The number of benzene rings is 1. The Morgan fingerprint density at radius 3 is 2.60 bits per heavy atom. The lowest BCUT2D eigenvalue weighted by atomic mass is 10.2. The predicted molar refractivity (Wildman–Crippen MR) is 66.8 cm³/mol. The Bertz CT molecular complexity index is 462. The molecule has 0 aliphatic carbocycles. The molecule has 4 heteroatoms. The van der Waals surface area contributed by atoms with Gasteiger partial charge in [0, 0.05) is 15.5 Å². The molecule has 0 unspecified atom stereocenters. The van der Waals surface area contributed by atoms with Crippen LogP contribution in [0.3, 0.4) is 0 Å². The van der Waals surface area contributed by atoms with Crippen LogP contribution in [0.1, 0.15) is 5.56 Å². The summed E-state index contributed by atoms with van der Waals surface area (Å²) in [6.07, 6.45) is 1.40. The number of rotatable bonds is 2. The molecule has 0 heterocycles. The minimum absolute atomic E-state index is 0.0607. The average molecular weight is 309 g/mol. The first-order chi connectivity index (χ1) is 7.17. The van der Waals surface area contributed by atoms with Crippen LogP contribution in [0, 0.1) is 33.2 Å². The molecule has 0 saturated carbocycles. The summed E-state index contributed by atoms with van der Waals surface area (Å²) >= 11 is 2.23. The first-order valence-corrected chi connectivity index (χ1v) is 5.28. The molecule has 15 heavy (non-hydrogen) atoms. The van der Waals surface area contributed by atoms with Gasteiger partial charge in [-0.2, -0.15) is 10.5 Å². The molecule has 1 aromatic rings. The van der Waals surface area contributed by atoms with E-state index in [9.17, 15) is 0 Å². The number of anilines is 1. The highest BCUT2D eigenvalue weighted by Gasteiger charge is 1.96. The largest absolute Gasteiger partial charge is 0.360 e. The van der Waals surface area contributed by atoms with Crippen molar-refractivity contribution in [2.45, 2.75) is 6.92 Å². The van der Waals surface area contributed by atoms with Crippen LogP contribution in [0.15, 0.2) is 30.0 Å². The number of allylic oxidation sites excluding steroid dienone is 1. The van der Waals surface area contributed by atoms with Crippen molar-refractivity contribution >= 4 is 28.3 Å². The van der Waals surface area contributed by atoms with Gasteiger partial charge in [-0.25, -0.2) is 0 Å². The minimum atomic E-state index is 0.0607. The van der Waals surface area contributed by atoms with Gasteiger partial charge in [0.25, 0.3) is 0 Å². The molecule has 0 aromatic heterocycles. The molecule has 0 fully saturated rings. The van der Waals surface area contributed by atoms with Gasteiger partial charge in [0.2, 0.25) is 0 Å². The lowest BCUT2D eigenvalue weighted by Gasteiger charge is -2.03. The Hall–Kier alpha value is -1.53. The topological polar surface area (TPSA) is 59.6 Å². The minimum Gasteiger partial charge on any atom is -0.360 e. The van der Waals surface area contributed by atoms with E-state index in [2.05, 4.69) is 27.9 Å². The Morgan fingerprint density at radius 2 is 2.07 bits per heavy atom. The fourth-order valence-corrected chi connectivity index (χ4v) is 1.44. The number of aryl methyl sites for hydroxylation is 1. The molecule has 0 bridgehead atoms. The summed E-state index contributed by atoms with van der Waals surface area (Å²) in [5, 5.41) is 19.9. The van der Waals surface area contributed by atoms with E-state index in [4.69, 9.17) is 10.5 Å². The molecule has 3 nitrogen and oxygen atoms in total. The maximum Gasteiger partial charge on any atom is 0.145 e. The van der Waals surface area contributed by atoms with Gasteiger partial charge in [-0.05, 0) is 47.2 Å². The highest BCUT2D eigenvalue weighted by atomic mass is 127. The van der Waals surface area contributed by atoms with Crippen molar-refractivity contribution in [1.82, 2.24) is 0 Å². The summed E-state index contributed by atoms with van der Waals surface area (Å²) in [5.41, 5.74) is 2.13. The Kier molecular flexibility index (Phi) is 4.14. The van der Waals surface area contributed by atoms with E-state index in [0.29, 0.717) is 0 Å². The second kappa shape index (κ2) is 5.38. The molecule has 1 rings (SSSR count). The molecule has 0 radical (unpaired) electrons. The van der Waals surface area contributed by atoms with Crippen LogP contribution in [-0.2, 0) is 0 Å². The third kappa shape index (κ3) is 3.26. The van der Waals surface area contributed by atoms with E-state index in [1.807, 2.05) is 25.1 Å². The molecular formula is C11H8IN3.